The number of benzene rings is 1. The maximum atomic E-state index is 11.3. The monoisotopic (exact) mass is 247 g/mol. The highest BCUT2D eigenvalue weighted by Gasteiger charge is 2.14. The molecule has 0 saturated heterocycles. The highest BCUT2D eigenvalue weighted by Crippen LogP contribution is 2.13. The first-order valence-corrected chi connectivity index (χ1v) is 5.72. The first-order chi connectivity index (χ1) is 8.63. The zero-order chi connectivity index (χ0) is 13.4. The molecule has 1 unspecified atom stereocenters. The Hall–Kier alpha value is -2.10. The van der Waals surface area contributed by atoms with Crippen LogP contribution >= 0.6 is 0 Å². The Kier molecular flexibility index (Phi) is 5.64. The van der Waals surface area contributed by atoms with Crippen molar-refractivity contribution in [2.45, 2.75) is 19.4 Å². The highest BCUT2D eigenvalue weighted by atomic mass is 16.5. The lowest BCUT2D eigenvalue weighted by Crippen LogP contribution is -2.30. The number of esters is 1. The molecule has 1 N–H and O–H groups in total. The number of rotatable bonds is 6. The third kappa shape index (κ3) is 4.82. The van der Waals surface area contributed by atoms with Crippen LogP contribution in [-0.4, -0.2) is 18.5 Å². The average Bonchev–Trinajstić information content (AvgIpc) is 2.35. The van der Waals surface area contributed by atoms with E-state index in [0.717, 1.165) is 5.56 Å². The number of carbonyl (C=O) groups excluding carboxylic acids is 2. The fourth-order valence-corrected chi connectivity index (χ4v) is 1.50. The molecule has 0 bridgehead atoms. The Morgan fingerprint density at radius 2 is 2.06 bits per heavy atom. The largest absolute Gasteiger partial charge is 0.463 e. The standard InChI is InChI=1S/C14H17NO3/c1-3-7-14(17)18-10-13(15-11(2)16)12-8-5-4-6-9-12/h3-6,8-9,13H,1,7,10H2,2H3,(H,15,16). The van der Waals surface area contributed by atoms with Crippen molar-refractivity contribution in [1.82, 2.24) is 5.32 Å². The van der Waals surface area contributed by atoms with E-state index in [0.29, 0.717) is 0 Å². The summed E-state index contributed by atoms with van der Waals surface area (Å²) in [5.74, 6) is -0.514. The maximum Gasteiger partial charge on any atom is 0.309 e. The van der Waals surface area contributed by atoms with Crippen molar-refractivity contribution < 1.29 is 14.3 Å². The summed E-state index contributed by atoms with van der Waals surface area (Å²) in [5, 5.41) is 2.75. The summed E-state index contributed by atoms with van der Waals surface area (Å²) in [6, 6.07) is 9.06. The molecule has 0 radical (unpaired) electrons. The van der Waals surface area contributed by atoms with Crippen LogP contribution < -0.4 is 5.32 Å². The lowest BCUT2D eigenvalue weighted by molar-refractivity contribution is -0.144. The number of hydrogen-bond donors (Lipinski definition) is 1. The molecule has 0 aliphatic rings. The van der Waals surface area contributed by atoms with Gasteiger partial charge < -0.3 is 10.1 Å². The van der Waals surface area contributed by atoms with Gasteiger partial charge in [0.25, 0.3) is 0 Å². The predicted molar refractivity (Wildman–Crippen MR) is 68.8 cm³/mol. The summed E-state index contributed by atoms with van der Waals surface area (Å²) in [6.07, 6.45) is 1.65. The molecular formula is C14H17NO3. The van der Waals surface area contributed by atoms with Crippen LogP contribution in [0.15, 0.2) is 43.0 Å². The fourth-order valence-electron chi connectivity index (χ4n) is 1.50. The van der Waals surface area contributed by atoms with Crippen LogP contribution in [0.25, 0.3) is 0 Å². The molecule has 1 aromatic carbocycles. The quantitative estimate of drug-likeness (QED) is 0.617. The van der Waals surface area contributed by atoms with E-state index in [1.165, 1.54) is 13.0 Å². The van der Waals surface area contributed by atoms with Gasteiger partial charge in [0, 0.05) is 6.92 Å². The Balaban J connectivity index is 2.65. The second kappa shape index (κ2) is 7.27. The van der Waals surface area contributed by atoms with Crippen LogP contribution in [0, 0.1) is 0 Å². The van der Waals surface area contributed by atoms with Gasteiger partial charge in [-0.1, -0.05) is 36.4 Å². The molecule has 1 aromatic rings. The molecule has 0 aromatic heterocycles. The molecule has 4 nitrogen and oxygen atoms in total. The molecule has 1 rings (SSSR count). The number of amides is 1. The normalized spacial score (nSPS) is 11.4. The van der Waals surface area contributed by atoms with Crippen LogP contribution in [0.1, 0.15) is 24.9 Å². The van der Waals surface area contributed by atoms with Crippen LogP contribution in [0.2, 0.25) is 0 Å². The van der Waals surface area contributed by atoms with E-state index in [9.17, 15) is 9.59 Å². The lowest BCUT2D eigenvalue weighted by Gasteiger charge is -2.18. The molecule has 0 fully saturated rings. The molecule has 0 heterocycles. The van der Waals surface area contributed by atoms with Gasteiger partial charge in [-0.05, 0) is 5.56 Å². The molecular weight excluding hydrogens is 230 g/mol. The zero-order valence-electron chi connectivity index (χ0n) is 10.4. The number of carbonyl (C=O) groups is 2. The van der Waals surface area contributed by atoms with Gasteiger partial charge in [-0.3, -0.25) is 9.59 Å². The number of ether oxygens (including phenoxy) is 1. The number of nitrogens with one attached hydrogen (secondary N) is 1. The van der Waals surface area contributed by atoms with Crippen LogP contribution in [0.5, 0.6) is 0 Å². The molecule has 1 atom stereocenters. The lowest BCUT2D eigenvalue weighted by atomic mass is 10.1. The summed E-state index contributed by atoms with van der Waals surface area (Å²) in [5.41, 5.74) is 0.902. The first kappa shape index (κ1) is 14.0. The van der Waals surface area contributed by atoms with Crippen molar-refractivity contribution in [3.63, 3.8) is 0 Å². The zero-order valence-corrected chi connectivity index (χ0v) is 10.4. The first-order valence-electron chi connectivity index (χ1n) is 5.72. The molecule has 0 saturated carbocycles. The Labute approximate surface area is 107 Å². The van der Waals surface area contributed by atoms with Gasteiger partial charge in [0.2, 0.25) is 5.91 Å². The summed E-state index contributed by atoms with van der Waals surface area (Å²) in [6.45, 7) is 5.02. The second-order valence-electron chi connectivity index (χ2n) is 3.84. The van der Waals surface area contributed by atoms with Crippen molar-refractivity contribution in [2.24, 2.45) is 0 Å². The van der Waals surface area contributed by atoms with Crippen molar-refractivity contribution in [1.29, 1.82) is 0 Å². The van der Waals surface area contributed by atoms with Crippen LogP contribution in [-0.2, 0) is 14.3 Å². The number of hydrogen-bond acceptors (Lipinski definition) is 3. The van der Waals surface area contributed by atoms with Crippen molar-refractivity contribution in [3.8, 4) is 0 Å². The third-order valence-corrected chi connectivity index (χ3v) is 2.30. The van der Waals surface area contributed by atoms with E-state index in [1.54, 1.807) is 0 Å². The Bertz CT molecular complexity index is 414. The van der Waals surface area contributed by atoms with E-state index in [2.05, 4.69) is 11.9 Å². The summed E-state index contributed by atoms with van der Waals surface area (Å²) < 4.78 is 5.07. The molecule has 0 aliphatic carbocycles. The maximum absolute atomic E-state index is 11.3. The minimum Gasteiger partial charge on any atom is -0.463 e. The van der Waals surface area contributed by atoms with E-state index >= 15 is 0 Å². The van der Waals surface area contributed by atoms with Crippen LogP contribution in [0.3, 0.4) is 0 Å². The van der Waals surface area contributed by atoms with E-state index in [4.69, 9.17) is 4.74 Å². The van der Waals surface area contributed by atoms with E-state index in [1.807, 2.05) is 30.3 Å². The molecule has 4 heteroatoms. The minimum absolute atomic E-state index is 0.121. The molecule has 1 amide bonds. The topological polar surface area (TPSA) is 55.4 Å². The van der Waals surface area contributed by atoms with Crippen molar-refractivity contribution in [2.75, 3.05) is 6.61 Å². The van der Waals surface area contributed by atoms with Crippen molar-refractivity contribution in [3.05, 3.63) is 48.6 Å². The highest BCUT2D eigenvalue weighted by molar-refractivity contribution is 5.74. The Morgan fingerprint density at radius 1 is 1.39 bits per heavy atom. The smallest absolute Gasteiger partial charge is 0.309 e. The van der Waals surface area contributed by atoms with Gasteiger partial charge >= 0.3 is 5.97 Å². The van der Waals surface area contributed by atoms with Gasteiger partial charge in [0.1, 0.15) is 6.61 Å². The minimum atomic E-state index is -0.351. The molecule has 96 valence electrons. The van der Waals surface area contributed by atoms with Gasteiger partial charge in [0.05, 0.1) is 12.5 Å². The SMILES string of the molecule is C=CCC(=O)OCC(NC(C)=O)c1ccccc1. The van der Waals surface area contributed by atoms with Gasteiger partial charge in [0.15, 0.2) is 0 Å². The summed E-state index contributed by atoms with van der Waals surface area (Å²) >= 11 is 0. The van der Waals surface area contributed by atoms with Gasteiger partial charge in [-0.25, -0.2) is 0 Å². The third-order valence-electron chi connectivity index (χ3n) is 2.30. The van der Waals surface area contributed by atoms with Gasteiger partial charge in [-0.2, -0.15) is 0 Å². The summed E-state index contributed by atoms with van der Waals surface area (Å²) in [4.78, 5) is 22.4. The van der Waals surface area contributed by atoms with Gasteiger partial charge in [-0.15, -0.1) is 6.58 Å². The van der Waals surface area contributed by atoms with E-state index in [-0.39, 0.29) is 30.9 Å². The average molecular weight is 247 g/mol. The molecule has 18 heavy (non-hydrogen) atoms. The fraction of sp³-hybridized carbons (Fsp3) is 0.286. The summed E-state index contributed by atoms with van der Waals surface area (Å²) in [7, 11) is 0. The predicted octanol–water partition coefficient (Wildman–Crippen LogP) is 1.98. The molecule has 0 aliphatic heterocycles. The van der Waals surface area contributed by atoms with Crippen LogP contribution in [0.4, 0.5) is 0 Å². The van der Waals surface area contributed by atoms with E-state index < -0.39 is 0 Å². The van der Waals surface area contributed by atoms with Crippen molar-refractivity contribution >= 4 is 11.9 Å². The second-order valence-corrected chi connectivity index (χ2v) is 3.84. The Morgan fingerprint density at radius 3 is 2.61 bits per heavy atom. The molecule has 0 spiro atoms.